The summed E-state index contributed by atoms with van der Waals surface area (Å²) in [6.07, 6.45) is 1.52. The number of halogens is 1. The van der Waals surface area contributed by atoms with Crippen molar-refractivity contribution in [3.63, 3.8) is 0 Å². The lowest BCUT2D eigenvalue weighted by molar-refractivity contribution is 0.0435. The average Bonchev–Trinajstić information content (AvgIpc) is 3.16. The van der Waals surface area contributed by atoms with Crippen molar-refractivity contribution in [3.05, 3.63) is 54.2 Å². The topological polar surface area (TPSA) is 78.2 Å². The van der Waals surface area contributed by atoms with Gasteiger partial charge in [0.2, 0.25) is 0 Å². The molecule has 1 aromatic heterocycles. The zero-order valence-corrected chi connectivity index (χ0v) is 14.2. The van der Waals surface area contributed by atoms with Gasteiger partial charge in [0.1, 0.15) is 17.2 Å². The zero-order chi connectivity index (χ0) is 17.9. The van der Waals surface area contributed by atoms with Crippen molar-refractivity contribution in [2.75, 3.05) is 37.6 Å². The van der Waals surface area contributed by atoms with E-state index in [1.165, 1.54) is 18.4 Å². The number of benzene rings is 1. The number of hydrogen-bond acceptors (Lipinski definition) is 4. The quantitative estimate of drug-likeness (QED) is 0.652. The fourth-order valence-electron chi connectivity index (χ4n) is 2.84. The third kappa shape index (κ3) is 4.11. The molecule has 134 valence electrons. The SMILES string of the molecule is CC(O)(CN=C(N)N1CCN(c2ccc(F)cc2)CC1)c1ccco1. The third-order valence-corrected chi connectivity index (χ3v) is 4.40. The Kier molecular flexibility index (Phi) is 4.94. The minimum atomic E-state index is -1.19. The Hall–Kier alpha value is -2.54. The fourth-order valence-corrected chi connectivity index (χ4v) is 2.84. The second kappa shape index (κ2) is 7.14. The van der Waals surface area contributed by atoms with E-state index in [-0.39, 0.29) is 12.4 Å². The first-order valence-corrected chi connectivity index (χ1v) is 8.27. The molecule has 2 aromatic rings. The van der Waals surface area contributed by atoms with E-state index in [4.69, 9.17) is 10.2 Å². The lowest BCUT2D eigenvalue weighted by Gasteiger charge is -2.36. The minimum absolute atomic E-state index is 0.129. The van der Waals surface area contributed by atoms with E-state index in [0.717, 1.165) is 31.9 Å². The molecule has 7 heteroatoms. The zero-order valence-electron chi connectivity index (χ0n) is 14.2. The van der Waals surface area contributed by atoms with Crippen molar-refractivity contribution < 1.29 is 13.9 Å². The van der Waals surface area contributed by atoms with Crippen molar-refractivity contribution >= 4 is 11.6 Å². The molecule has 1 aromatic carbocycles. The first-order chi connectivity index (χ1) is 12.0. The summed E-state index contributed by atoms with van der Waals surface area (Å²) in [6, 6.07) is 9.94. The predicted octanol–water partition coefficient (Wildman–Crippen LogP) is 1.76. The highest BCUT2D eigenvalue weighted by Gasteiger charge is 2.26. The predicted molar refractivity (Wildman–Crippen MR) is 95.0 cm³/mol. The number of nitrogens with zero attached hydrogens (tertiary/aromatic N) is 3. The molecule has 1 unspecified atom stereocenters. The minimum Gasteiger partial charge on any atom is -0.466 e. The smallest absolute Gasteiger partial charge is 0.191 e. The van der Waals surface area contributed by atoms with Crippen LogP contribution in [0.1, 0.15) is 12.7 Å². The highest BCUT2D eigenvalue weighted by Crippen LogP contribution is 2.21. The molecule has 3 N–H and O–H groups in total. The van der Waals surface area contributed by atoms with Crippen LogP contribution < -0.4 is 10.6 Å². The van der Waals surface area contributed by atoms with Crippen LogP contribution in [0.15, 0.2) is 52.1 Å². The average molecular weight is 346 g/mol. The summed E-state index contributed by atoms with van der Waals surface area (Å²) in [5.41, 5.74) is 5.89. The van der Waals surface area contributed by atoms with Crippen molar-refractivity contribution in [1.82, 2.24) is 4.90 Å². The molecule has 3 rings (SSSR count). The largest absolute Gasteiger partial charge is 0.466 e. The Morgan fingerprint density at radius 3 is 2.52 bits per heavy atom. The van der Waals surface area contributed by atoms with E-state index in [1.807, 2.05) is 4.90 Å². The Morgan fingerprint density at radius 1 is 1.24 bits per heavy atom. The van der Waals surface area contributed by atoms with Crippen molar-refractivity contribution in [2.45, 2.75) is 12.5 Å². The molecular formula is C18H23FN4O2. The van der Waals surface area contributed by atoms with Gasteiger partial charge in [-0.2, -0.15) is 0 Å². The fraction of sp³-hybridized carbons (Fsp3) is 0.389. The molecule has 1 aliphatic rings. The third-order valence-electron chi connectivity index (χ3n) is 4.40. The number of aliphatic hydroxyl groups is 1. The standard InChI is InChI=1S/C18H23FN4O2/c1-18(24,16-3-2-12-25-16)13-21-17(20)23-10-8-22(9-11-23)15-6-4-14(19)5-7-15/h2-7,12,24H,8-11,13H2,1H3,(H2,20,21). The molecule has 0 spiro atoms. The van der Waals surface area contributed by atoms with Gasteiger partial charge in [0.05, 0.1) is 12.8 Å². The molecule has 1 fully saturated rings. The molecule has 1 aliphatic heterocycles. The number of nitrogens with two attached hydrogens (primary N) is 1. The molecule has 0 bridgehead atoms. The van der Waals surface area contributed by atoms with Crippen LogP contribution in [0.4, 0.5) is 10.1 Å². The number of guanidine groups is 1. The first-order valence-electron chi connectivity index (χ1n) is 8.27. The lowest BCUT2D eigenvalue weighted by Crippen LogP contribution is -2.51. The van der Waals surface area contributed by atoms with Crippen LogP contribution >= 0.6 is 0 Å². The maximum Gasteiger partial charge on any atom is 0.191 e. The monoisotopic (exact) mass is 346 g/mol. The van der Waals surface area contributed by atoms with E-state index in [1.54, 1.807) is 31.2 Å². The molecule has 0 saturated carbocycles. The van der Waals surface area contributed by atoms with E-state index in [0.29, 0.717) is 11.7 Å². The number of hydrogen-bond donors (Lipinski definition) is 2. The highest BCUT2D eigenvalue weighted by atomic mass is 19.1. The number of anilines is 1. The van der Waals surface area contributed by atoms with Crippen LogP contribution in [-0.2, 0) is 5.60 Å². The van der Waals surface area contributed by atoms with Gasteiger partial charge in [-0.3, -0.25) is 0 Å². The van der Waals surface area contributed by atoms with Crippen LogP contribution in [0.25, 0.3) is 0 Å². The maximum absolute atomic E-state index is 13.0. The Labute approximate surface area is 146 Å². The Balaban J connectivity index is 1.56. The summed E-state index contributed by atoms with van der Waals surface area (Å²) in [6.45, 7) is 4.76. The van der Waals surface area contributed by atoms with Gasteiger partial charge in [-0.1, -0.05) is 0 Å². The highest BCUT2D eigenvalue weighted by molar-refractivity contribution is 5.78. The molecule has 0 aliphatic carbocycles. The first kappa shape index (κ1) is 17.3. The summed E-state index contributed by atoms with van der Waals surface area (Å²) in [4.78, 5) is 8.49. The van der Waals surface area contributed by atoms with Crippen molar-refractivity contribution in [1.29, 1.82) is 0 Å². The van der Waals surface area contributed by atoms with Crippen molar-refractivity contribution in [3.8, 4) is 0 Å². The van der Waals surface area contributed by atoms with Gasteiger partial charge in [0.15, 0.2) is 5.96 Å². The lowest BCUT2D eigenvalue weighted by atomic mass is 10.0. The molecule has 1 saturated heterocycles. The maximum atomic E-state index is 13.0. The summed E-state index contributed by atoms with van der Waals surface area (Å²) >= 11 is 0. The number of rotatable bonds is 4. The van der Waals surface area contributed by atoms with E-state index >= 15 is 0 Å². The summed E-state index contributed by atoms with van der Waals surface area (Å²) in [7, 11) is 0. The van der Waals surface area contributed by atoms with E-state index < -0.39 is 5.60 Å². The second-order valence-corrected chi connectivity index (χ2v) is 6.38. The Morgan fingerprint density at radius 2 is 1.92 bits per heavy atom. The van der Waals surface area contributed by atoms with Crippen LogP contribution in [0, 0.1) is 5.82 Å². The Bertz CT molecular complexity index is 705. The van der Waals surface area contributed by atoms with Crippen LogP contribution in [0.2, 0.25) is 0 Å². The normalized spacial score (nSPS) is 18.3. The number of aliphatic imine (C=N–C) groups is 1. The van der Waals surface area contributed by atoms with Gasteiger partial charge in [-0.15, -0.1) is 0 Å². The van der Waals surface area contributed by atoms with Crippen LogP contribution in [-0.4, -0.2) is 48.7 Å². The molecule has 25 heavy (non-hydrogen) atoms. The van der Waals surface area contributed by atoms with Crippen LogP contribution in [0.5, 0.6) is 0 Å². The number of piperazine rings is 1. The van der Waals surface area contributed by atoms with Gasteiger partial charge in [-0.25, -0.2) is 9.38 Å². The molecule has 1 atom stereocenters. The second-order valence-electron chi connectivity index (χ2n) is 6.38. The number of furan rings is 1. The van der Waals surface area contributed by atoms with E-state index in [9.17, 15) is 9.50 Å². The van der Waals surface area contributed by atoms with Crippen LogP contribution in [0.3, 0.4) is 0 Å². The molecule has 0 amide bonds. The van der Waals surface area contributed by atoms with E-state index in [2.05, 4.69) is 9.89 Å². The van der Waals surface area contributed by atoms with Crippen molar-refractivity contribution in [2.24, 2.45) is 10.7 Å². The molecule has 0 radical (unpaired) electrons. The van der Waals surface area contributed by atoms with Gasteiger partial charge in [0.25, 0.3) is 0 Å². The van der Waals surface area contributed by atoms with Gasteiger partial charge >= 0.3 is 0 Å². The molecular weight excluding hydrogens is 323 g/mol. The summed E-state index contributed by atoms with van der Waals surface area (Å²) in [5.74, 6) is 0.637. The van der Waals surface area contributed by atoms with Gasteiger partial charge in [-0.05, 0) is 43.3 Å². The van der Waals surface area contributed by atoms with Gasteiger partial charge < -0.3 is 25.1 Å². The van der Waals surface area contributed by atoms with Gasteiger partial charge in [0, 0.05) is 31.9 Å². The summed E-state index contributed by atoms with van der Waals surface area (Å²) in [5, 5.41) is 10.4. The molecule has 2 heterocycles. The summed E-state index contributed by atoms with van der Waals surface area (Å²) < 4.78 is 18.3. The molecule has 6 nitrogen and oxygen atoms in total.